The summed E-state index contributed by atoms with van der Waals surface area (Å²) in [5.41, 5.74) is 6.03. The van der Waals surface area contributed by atoms with Gasteiger partial charge in [0.25, 0.3) is 0 Å². The molecule has 1 aromatic rings. The van der Waals surface area contributed by atoms with Crippen molar-refractivity contribution in [2.24, 2.45) is 5.41 Å². The Bertz CT molecular complexity index is 343. The van der Waals surface area contributed by atoms with E-state index in [0.29, 0.717) is 0 Å². The van der Waals surface area contributed by atoms with Crippen molar-refractivity contribution in [3.63, 3.8) is 0 Å². The molecule has 0 unspecified atom stereocenters. The van der Waals surface area contributed by atoms with Crippen molar-refractivity contribution in [1.29, 1.82) is 0 Å². The van der Waals surface area contributed by atoms with Gasteiger partial charge < -0.3 is 0 Å². The average Bonchev–Trinajstić information content (AvgIpc) is 2.14. The number of rotatable bonds is 1. The van der Waals surface area contributed by atoms with Crippen LogP contribution in [-0.2, 0) is 0 Å². The van der Waals surface area contributed by atoms with Crippen molar-refractivity contribution >= 4 is 6.08 Å². The van der Waals surface area contributed by atoms with Crippen LogP contribution in [0.15, 0.2) is 41.6 Å². The molecule has 0 spiro atoms. The smallest absolute Gasteiger partial charge is 0.00999 e. The predicted octanol–water partition coefficient (Wildman–Crippen LogP) is 4.29. The van der Waals surface area contributed by atoms with Crippen LogP contribution >= 0.6 is 0 Å². The zero-order valence-corrected chi connectivity index (χ0v) is 9.46. The molecule has 0 nitrogen and oxygen atoms in total. The van der Waals surface area contributed by atoms with Crippen LogP contribution in [0, 0.1) is 5.41 Å². The van der Waals surface area contributed by atoms with E-state index < -0.39 is 0 Å². The van der Waals surface area contributed by atoms with Gasteiger partial charge in [-0.15, -0.1) is 5.73 Å². The van der Waals surface area contributed by atoms with Gasteiger partial charge in [0.05, 0.1) is 0 Å². The molecule has 0 saturated carbocycles. The number of hydrogen-bond acceptors (Lipinski definition) is 0. The average molecular weight is 186 g/mol. The SMILES string of the molecule is CC(=C=Cc1ccccc1)C(C)(C)C. The lowest BCUT2D eigenvalue weighted by Gasteiger charge is -2.16. The monoisotopic (exact) mass is 186 g/mol. The molecule has 0 heteroatoms. The van der Waals surface area contributed by atoms with Gasteiger partial charge in [-0.05, 0) is 29.6 Å². The van der Waals surface area contributed by atoms with Crippen LogP contribution in [0.4, 0.5) is 0 Å². The summed E-state index contributed by atoms with van der Waals surface area (Å²) < 4.78 is 0. The molecule has 0 amide bonds. The molecule has 0 aliphatic heterocycles. The first kappa shape index (κ1) is 10.8. The normalized spacial score (nSPS) is 10.6. The van der Waals surface area contributed by atoms with E-state index >= 15 is 0 Å². The summed E-state index contributed by atoms with van der Waals surface area (Å²) in [5.74, 6) is 0. The minimum absolute atomic E-state index is 0.214. The van der Waals surface area contributed by atoms with Crippen molar-refractivity contribution in [2.75, 3.05) is 0 Å². The van der Waals surface area contributed by atoms with Gasteiger partial charge in [0.1, 0.15) is 0 Å². The second-order valence-corrected chi connectivity index (χ2v) is 4.57. The van der Waals surface area contributed by atoms with Crippen LogP contribution in [0.1, 0.15) is 33.3 Å². The number of benzene rings is 1. The fraction of sp³-hybridized carbons (Fsp3) is 0.357. The minimum atomic E-state index is 0.214. The molecular formula is C14H18. The van der Waals surface area contributed by atoms with Gasteiger partial charge in [-0.3, -0.25) is 0 Å². The second-order valence-electron chi connectivity index (χ2n) is 4.57. The zero-order valence-electron chi connectivity index (χ0n) is 9.46. The lowest BCUT2D eigenvalue weighted by atomic mass is 9.88. The third kappa shape index (κ3) is 3.24. The minimum Gasteiger partial charge on any atom is -0.121 e. The Morgan fingerprint density at radius 3 is 2.21 bits per heavy atom. The van der Waals surface area contributed by atoms with Crippen LogP contribution in [0.25, 0.3) is 6.08 Å². The summed E-state index contributed by atoms with van der Waals surface area (Å²) in [6, 6.07) is 10.3. The van der Waals surface area contributed by atoms with Crippen LogP contribution < -0.4 is 0 Å². The van der Waals surface area contributed by atoms with Gasteiger partial charge in [-0.2, -0.15) is 0 Å². The van der Waals surface area contributed by atoms with E-state index in [4.69, 9.17) is 0 Å². The molecule has 0 saturated heterocycles. The maximum atomic E-state index is 3.33. The van der Waals surface area contributed by atoms with E-state index in [2.05, 4.69) is 45.6 Å². The van der Waals surface area contributed by atoms with Crippen LogP contribution in [0.2, 0.25) is 0 Å². The van der Waals surface area contributed by atoms with E-state index in [9.17, 15) is 0 Å². The predicted molar refractivity (Wildman–Crippen MR) is 63.1 cm³/mol. The zero-order chi connectivity index (χ0) is 10.6. The van der Waals surface area contributed by atoms with Crippen molar-refractivity contribution in [2.45, 2.75) is 27.7 Å². The molecule has 14 heavy (non-hydrogen) atoms. The van der Waals surface area contributed by atoms with Gasteiger partial charge >= 0.3 is 0 Å². The lowest BCUT2D eigenvalue weighted by molar-refractivity contribution is 0.505. The third-order valence-electron chi connectivity index (χ3n) is 2.38. The molecule has 0 atom stereocenters. The quantitative estimate of drug-likeness (QED) is 0.574. The number of hydrogen-bond donors (Lipinski definition) is 0. The lowest BCUT2D eigenvalue weighted by Crippen LogP contribution is -2.04. The maximum absolute atomic E-state index is 3.33. The van der Waals surface area contributed by atoms with Gasteiger partial charge in [-0.1, -0.05) is 51.1 Å². The van der Waals surface area contributed by atoms with Crippen molar-refractivity contribution in [3.8, 4) is 0 Å². The first-order chi connectivity index (χ1) is 6.50. The Morgan fingerprint density at radius 1 is 1.14 bits per heavy atom. The molecule has 0 bridgehead atoms. The summed E-state index contributed by atoms with van der Waals surface area (Å²) in [6.07, 6.45) is 2.04. The van der Waals surface area contributed by atoms with Gasteiger partial charge in [-0.25, -0.2) is 0 Å². The molecule has 0 radical (unpaired) electrons. The van der Waals surface area contributed by atoms with Gasteiger partial charge in [0, 0.05) is 0 Å². The van der Waals surface area contributed by atoms with Crippen molar-refractivity contribution < 1.29 is 0 Å². The molecule has 74 valence electrons. The molecule has 0 aliphatic rings. The summed E-state index contributed by atoms with van der Waals surface area (Å²) >= 11 is 0. The number of allylic oxidation sites excluding steroid dienone is 1. The fourth-order valence-electron chi connectivity index (χ4n) is 0.957. The highest BCUT2D eigenvalue weighted by Crippen LogP contribution is 2.23. The first-order valence-electron chi connectivity index (χ1n) is 4.99. The molecule has 0 heterocycles. The summed E-state index contributed by atoms with van der Waals surface area (Å²) in [7, 11) is 0. The van der Waals surface area contributed by atoms with Gasteiger partial charge in [0.2, 0.25) is 0 Å². The second kappa shape index (κ2) is 4.30. The van der Waals surface area contributed by atoms with Crippen LogP contribution in [0.3, 0.4) is 0 Å². The largest absolute Gasteiger partial charge is 0.121 e. The van der Waals surface area contributed by atoms with E-state index in [1.165, 1.54) is 11.1 Å². The molecule has 1 aromatic carbocycles. The first-order valence-corrected chi connectivity index (χ1v) is 4.99. The van der Waals surface area contributed by atoms with E-state index in [1.54, 1.807) is 0 Å². The Balaban J connectivity index is 2.93. The third-order valence-corrected chi connectivity index (χ3v) is 2.38. The van der Waals surface area contributed by atoms with E-state index in [0.717, 1.165) is 0 Å². The Hall–Kier alpha value is -1.26. The molecule has 0 fully saturated rings. The fourth-order valence-corrected chi connectivity index (χ4v) is 0.957. The Labute approximate surface area is 87.0 Å². The summed E-state index contributed by atoms with van der Waals surface area (Å²) in [5, 5.41) is 0. The molecular weight excluding hydrogens is 168 g/mol. The van der Waals surface area contributed by atoms with Crippen molar-refractivity contribution in [3.05, 3.63) is 47.2 Å². The standard InChI is InChI=1S/C14H18/c1-12(14(2,3)4)10-11-13-8-6-5-7-9-13/h5-9,11H,1-4H3. The molecule has 1 rings (SSSR count). The molecule has 0 aromatic heterocycles. The van der Waals surface area contributed by atoms with Crippen molar-refractivity contribution in [1.82, 2.24) is 0 Å². The maximum Gasteiger partial charge on any atom is -0.00999 e. The summed E-state index contributed by atoms with van der Waals surface area (Å²) in [4.78, 5) is 0. The topological polar surface area (TPSA) is 0 Å². The summed E-state index contributed by atoms with van der Waals surface area (Å²) in [6.45, 7) is 8.73. The van der Waals surface area contributed by atoms with Crippen LogP contribution in [0.5, 0.6) is 0 Å². The molecule has 0 aliphatic carbocycles. The highest BCUT2D eigenvalue weighted by Gasteiger charge is 2.10. The molecule has 0 N–H and O–H groups in total. The highest BCUT2D eigenvalue weighted by molar-refractivity contribution is 5.48. The van der Waals surface area contributed by atoms with E-state index in [1.807, 2.05) is 24.3 Å². The van der Waals surface area contributed by atoms with E-state index in [-0.39, 0.29) is 5.41 Å². The highest BCUT2D eigenvalue weighted by atomic mass is 14.1. The Kier molecular flexibility index (Phi) is 3.33. The van der Waals surface area contributed by atoms with Gasteiger partial charge in [0.15, 0.2) is 0 Å². The Morgan fingerprint density at radius 2 is 1.71 bits per heavy atom. The van der Waals surface area contributed by atoms with Crippen LogP contribution in [-0.4, -0.2) is 0 Å².